The van der Waals surface area contributed by atoms with Crippen molar-refractivity contribution < 1.29 is 14.8 Å². The number of allylic oxidation sites excluding steroid dienone is 2. The molecular formula is C15H19BrN2O3S3. The molecule has 0 saturated carbocycles. The topological polar surface area (TPSA) is 78.4 Å². The van der Waals surface area contributed by atoms with Gasteiger partial charge >= 0.3 is 0 Å². The standard InChI is InChI=1S/C15H19BrN2O3S3/c1-22-10(11-6-7-13(16)24-11)4-3-5-14(19)17-9-8-12(23-2)15(20)18-21/h3-7,12,21H,8-9H2,1-2H3,(H,17,19)(H,18,20)/b5-3+,10-4-. The molecule has 1 atom stereocenters. The summed E-state index contributed by atoms with van der Waals surface area (Å²) in [5.41, 5.74) is 1.63. The summed E-state index contributed by atoms with van der Waals surface area (Å²) >= 11 is 8.01. The van der Waals surface area contributed by atoms with Crippen LogP contribution in [0.2, 0.25) is 0 Å². The fourth-order valence-corrected chi connectivity index (χ4v) is 4.52. The highest BCUT2D eigenvalue weighted by atomic mass is 79.9. The Labute approximate surface area is 162 Å². The summed E-state index contributed by atoms with van der Waals surface area (Å²) in [5.74, 6) is -0.676. The molecule has 1 aromatic rings. The number of thioether (sulfide) groups is 2. The van der Waals surface area contributed by atoms with Gasteiger partial charge in [-0.15, -0.1) is 23.1 Å². The van der Waals surface area contributed by atoms with E-state index in [1.165, 1.54) is 17.8 Å². The Kier molecular flexibility index (Phi) is 10.4. The summed E-state index contributed by atoms with van der Waals surface area (Å²) < 4.78 is 1.06. The third kappa shape index (κ3) is 7.43. The lowest BCUT2D eigenvalue weighted by molar-refractivity contribution is -0.128. The van der Waals surface area contributed by atoms with Crippen molar-refractivity contribution in [2.24, 2.45) is 0 Å². The van der Waals surface area contributed by atoms with E-state index in [0.29, 0.717) is 13.0 Å². The van der Waals surface area contributed by atoms with Crippen LogP contribution in [0.5, 0.6) is 0 Å². The van der Waals surface area contributed by atoms with Gasteiger partial charge in [0.25, 0.3) is 5.91 Å². The van der Waals surface area contributed by atoms with Crippen LogP contribution in [0.25, 0.3) is 4.91 Å². The van der Waals surface area contributed by atoms with Crippen molar-refractivity contribution in [2.45, 2.75) is 11.7 Å². The molecule has 1 heterocycles. The maximum atomic E-state index is 11.8. The maximum Gasteiger partial charge on any atom is 0.256 e. The van der Waals surface area contributed by atoms with Gasteiger partial charge in [-0.2, -0.15) is 11.8 Å². The molecule has 2 amide bonds. The fourth-order valence-electron chi connectivity index (χ4n) is 1.73. The number of thiophene rings is 1. The van der Waals surface area contributed by atoms with Crippen molar-refractivity contribution in [3.05, 3.63) is 39.0 Å². The van der Waals surface area contributed by atoms with Crippen LogP contribution in [0.4, 0.5) is 0 Å². The molecule has 3 N–H and O–H groups in total. The minimum absolute atomic E-state index is 0.219. The van der Waals surface area contributed by atoms with Gasteiger partial charge in [0.1, 0.15) is 0 Å². The molecule has 1 unspecified atom stereocenters. The van der Waals surface area contributed by atoms with Crippen LogP contribution >= 0.6 is 50.8 Å². The number of halogens is 1. The average Bonchev–Trinajstić information content (AvgIpc) is 3.01. The van der Waals surface area contributed by atoms with Crippen LogP contribution in [-0.2, 0) is 9.59 Å². The number of hydroxylamine groups is 1. The zero-order chi connectivity index (χ0) is 17.9. The molecule has 0 saturated heterocycles. The largest absolute Gasteiger partial charge is 0.352 e. The normalized spacial score (nSPS) is 13.1. The predicted molar refractivity (Wildman–Crippen MR) is 108 cm³/mol. The highest BCUT2D eigenvalue weighted by Gasteiger charge is 2.15. The highest BCUT2D eigenvalue weighted by molar-refractivity contribution is 9.11. The zero-order valence-electron chi connectivity index (χ0n) is 13.2. The molecule has 132 valence electrons. The van der Waals surface area contributed by atoms with Crippen LogP contribution in [-0.4, -0.2) is 41.3 Å². The van der Waals surface area contributed by atoms with E-state index in [1.54, 1.807) is 40.9 Å². The van der Waals surface area contributed by atoms with Gasteiger partial charge < -0.3 is 5.32 Å². The molecule has 0 aliphatic rings. The van der Waals surface area contributed by atoms with E-state index in [0.717, 1.165) is 13.6 Å². The average molecular weight is 451 g/mol. The molecule has 24 heavy (non-hydrogen) atoms. The van der Waals surface area contributed by atoms with Crippen LogP contribution in [0, 0.1) is 0 Å². The number of hydrogen-bond acceptors (Lipinski definition) is 6. The Morgan fingerprint density at radius 3 is 2.71 bits per heavy atom. The minimum Gasteiger partial charge on any atom is -0.352 e. The lowest BCUT2D eigenvalue weighted by atomic mass is 10.3. The van der Waals surface area contributed by atoms with Crippen molar-refractivity contribution in [1.29, 1.82) is 0 Å². The number of hydrogen-bond donors (Lipinski definition) is 3. The molecule has 0 radical (unpaired) electrons. The number of nitrogens with one attached hydrogen (secondary N) is 2. The zero-order valence-corrected chi connectivity index (χ0v) is 17.3. The van der Waals surface area contributed by atoms with Crippen molar-refractivity contribution in [3.63, 3.8) is 0 Å². The highest BCUT2D eigenvalue weighted by Crippen LogP contribution is 2.33. The quantitative estimate of drug-likeness (QED) is 0.232. The van der Waals surface area contributed by atoms with Crippen LogP contribution in [0.15, 0.2) is 34.1 Å². The SMILES string of the molecule is CS/C(=C\C=C\C(=O)NCCC(SC)C(=O)NO)c1ccc(Br)s1. The van der Waals surface area contributed by atoms with Crippen LogP contribution in [0.3, 0.4) is 0 Å². The molecule has 0 spiro atoms. The molecular weight excluding hydrogens is 432 g/mol. The fraction of sp³-hybridized carbons (Fsp3) is 0.333. The van der Waals surface area contributed by atoms with Crippen LogP contribution in [0.1, 0.15) is 11.3 Å². The van der Waals surface area contributed by atoms with E-state index < -0.39 is 5.91 Å². The molecule has 0 fully saturated rings. The van der Waals surface area contributed by atoms with Crippen molar-refractivity contribution in [2.75, 3.05) is 19.1 Å². The lowest BCUT2D eigenvalue weighted by Crippen LogP contribution is -2.33. The minimum atomic E-state index is -0.457. The third-order valence-electron chi connectivity index (χ3n) is 2.92. The van der Waals surface area contributed by atoms with E-state index in [9.17, 15) is 9.59 Å². The van der Waals surface area contributed by atoms with Gasteiger partial charge in [-0.3, -0.25) is 14.8 Å². The summed E-state index contributed by atoms with van der Waals surface area (Å²) in [7, 11) is 0. The first kappa shape index (κ1) is 21.3. The predicted octanol–water partition coefficient (Wildman–Crippen LogP) is 3.51. The number of carbonyl (C=O) groups excluding carboxylic acids is 2. The summed E-state index contributed by atoms with van der Waals surface area (Å²) in [6.45, 7) is 0.360. The Hall–Kier alpha value is -0.740. The first-order chi connectivity index (χ1) is 11.5. The molecule has 0 aromatic carbocycles. The van der Waals surface area contributed by atoms with Crippen molar-refractivity contribution in [1.82, 2.24) is 10.8 Å². The molecule has 0 aliphatic heterocycles. The van der Waals surface area contributed by atoms with Gasteiger partial charge in [-0.1, -0.05) is 6.08 Å². The first-order valence-electron chi connectivity index (χ1n) is 6.94. The second-order valence-electron chi connectivity index (χ2n) is 4.48. The van der Waals surface area contributed by atoms with Crippen molar-refractivity contribution in [3.8, 4) is 0 Å². The third-order valence-corrected chi connectivity index (χ3v) is 6.52. The Morgan fingerprint density at radius 1 is 1.42 bits per heavy atom. The Bertz CT molecular complexity index is 617. The van der Waals surface area contributed by atoms with Gasteiger partial charge in [0, 0.05) is 22.4 Å². The Morgan fingerprint density at radius 2 is 2.17 bits per heavy atom. The molecule has 0 bridgehead atoms. The van der Waals surface area contributed by atoms with Gasteiger partial charge in [-0.25, -0.2) is 5.48 Å². The van der Waals surface area contributed by atoms with E-state index in [2.05, 4.69) is 21.2 Å². The molecule has 5 nitrogen and oxygen atoms in total. The second kappa shape index (κ2) is 11.8. The number of amides is 2. The van der Waals surface area contributed by atoms with Gasteiger partial charge in [0.05, 0.1) is 9.04 Å². The molecule has 9 heteroatoms. The first-order valence-corrected chi connectivity index (χ1v) is 11.1. The Balaban J connectivity index is 2.47. The number of carbonyl (C=O) groups is 2. The van der Waals surface area contributed by atoms with Crippen LogP contribution < -0.4 is 10.8 Å². The second-order valence-corrected chi connectivity index (χ2v) is 8.83. The van der Waals surface area contributed by atoms with Crippen molar-refractivity contribution >= 4 is 67.5 Å². The van der Waals surface area contributed by atoms with Gasteiger partial charge in [0.15, 0.2) is 0 Å². The van der Waals surface area contributed by atoms with Gasteiger partial charge in [0.2, 0.25) is 5.91 Å². The lowest BCUT2D eigenvalue weighted by Gasteiger charge is -2.11. The van der Waals surface area contributed by atoms with E-state index in [-0.39, 0.29) is 11.2 Å². The van der Waals surface area contributed by atoms with E-state index in [1.807, 2.05) is 24.5 Å². The van der Waals surface area contributed by atoms with E-state index >= 15 is 0 Å². The maximum absolute atomic E-state index is 11.8. The molecule has 1 aromatic heterocycles. The monoisotopic (exact) mass is 450 g/mol. The summed E-state index contributed by atoms with van der Waals surface area (Å²) in [6, 6.07) is 4.02. The van der Waals surface area contributed by atoms with Gasteiger partial charge in [-0.05, 0) is 53.1 Å². The smallest absolute Gasteiger partial charge is 0.256 e. The summed E-state index contributed by atoms with van der Waals surface area (Å²) in [5, 5.41) is 10.9. The number of rotatable bonds is 9. The molecule has 1 rings (SSSR count). The summed E-state index contributed by atoms with van der Waals surface area (Å²) in [6.07, 6.45) is 9.27. The summed E-state index contributed by atoms with van der Waals surface area (Å²) in [4.78, 5) is 25.3. The van der Waals surface area contributed by atoms with E-state index in [4.69, 9.17) is 5.21 Å². The molecule has 0 aliphatic carbocycles.